The molecule has 2 aromatic rings. The van der Waals surface area contributed by atoms with Gasteiger partial charge in [-0.2, -0.15) is 4.98 Å². The summed E-state index contributed by atoms with van der Waals surface area (Å²) in [7, 11) is 0. The van der Waals surface area contributed by atoms with Crippen LogP contribution < -0.4 is 5.32 Å². The molecule has 1 N–H and O–H groups in total. The van der Waals surface area contributed by atoms with Gasteiger partial charge in [0.25, 0.3) is 11.8 Å². The molecular weight excluding hydrogens is 354 g/mol. The lowest BCUT2D eigenvalue weighted by molar-refractivity contribution is -0.113. The van der Waals surface area contributed by atoms with Crippen LogP contribution in [0.4, 0.5) is 5.00 Å². The standard InChI is InChI=1S/C18H19N3O4S/c1-10-19-17(25-21-10)15-13-6-7-24-9-14(13)26-18(15)20-16(23)12-5-3-2-4-11(12)8-22/h8H,2-7,9H2,1H3,(H,20,23). The number of nitrogens with one attached hydrogen (secondary N) is 1. The smallest absolute Gasteiger partial charge is 0.261 e. The van der Waals surface area contributed by atoms with Crippen LogP contribution in [0.25, 0.3) is 11.5 Å². The van der Waals surface area contributed by atoms with Crippen LogP contribution in [0, 0.1) is 6.92 Å². The van der Waals surface area contributed by atoms with Gasteiger partial charge in [-0.05, 0) is 44.6 Å². The Morgan fingerprint density at radius 1 is 1.27 bits per heavy atom. The fourth-order valence-corrected chi connectivity index (χ4v) is 4.61. The molecule has 1 aliphatic carbocycles. The number of aromatic nitrogens is 2. The molecule has 0 atom stereocenters. The molecule has 0 radical (unpaired) electrons. The molecule has 0 fully saturated rings. The number of amides is 1. The first-order valence-electron chi connectivity index (χ1n) is 8.69. The van der Waals surface area contributed by atoms with Crippen molar-refractivity contribution in [1.29, 1.82) is 0 Å². The first-order chi connectivity index (χ1) is 12.7. The lowest BCUT2D eigenvalue weighted by atomic mass is 9.92. The van der Waals surface area contributed by atoms with Crippen LogP contribution in [0.5, 0.6) is 0 Å². The molecule has 7 nitrogen and oxygen atoms in total. The molecule has 4 rings (SSSR count). The molecule has 3 heterocycles. The molecular formula is C18H19N3O4S. The van der Waals surface area contributed by atoms with Gasteiger partial charge < -0.3 is 14.6 Å². The largest absolute Gasteiger partial charge is 0.376 e. The van der Waals surface area contributed by atoms with Crippen molar-refractivity contribution in [2.45, 2.75) is 45.6 Å². The summed E-state index contributed by atoms with van der Waals surface area (Å²) in [5.41, 5.74) is 3.06. The van der Waals surface area contributed by atoms with E-state index in [1.165, 1.54) is 11.3 Å². The summed E-state index contributed by atoms with van der Waals surface area (Å²) in [6.07, 6.45) is 4.71. The zero-order valence-corrected chi connectivity index (χ0v) is 15.3. The summed E-state index contributed by atoms with van der Waals surface area (Å²) in [6, 6.07) is 0. The molecule has 0 bridgehead atoms. The Balaban J connectivity index is 1.72. The summed E-state index contributed by atoms with van der Waals surface area (Å²) in [4.78, 5) is 29.5. The van der Waals surface area contributed by atoms with Crippen LogP contribution >= 0.6 is 11.3 Å². The molecule has 2 aromatic heterocycles. The molecule has 1 amide bonds. The second-order valence-electron chi connectivity index (χ2n) is 6.44. The topological polar surface area (TPSA) is 94.3 Å². The van der Waals surface area contributed by atoms with Gasteiger partial charge in [-0.25, -0.2) is 0 Å². The van der Waals surface area contributed by atoms with Gasteiger partial charge in [-0.15, -0.1) is 11.3 Å². The quantitative estimate of drug-likeness (QED) is 0.827. The molecule has 0 saturated heterocycles. The third kappa shape index (κ3) is 3.10. The van der Waals surface area contributed by atoms with Gasteiger partial charge in [0.2, 0.25) is 0 Å². The van der Waals surface area contributed by atoms with Crippen molar-refractivity contribution in [3.8, 4) is 11.5 Å². The number of ether oxygens (including phenoxy) is 1. The number of aryl methyl sites for hydroxylation is 1. The summed E-state index contributed by atoms with van der Waals surface area (Å²) in [5.74, 6) is 0.733. The van der Waals surface area contributed by atoms with E-state index in [1.807, 2.05) is 0 Å². The van der Waals surface area contributed by atoms with Gasteiger partial charge in [-0.3, -0.25) is 9.59 Å². The van der Waals surface area contributed by atoms with Crippen molar-refractivity contribution < 1.29 is 18.8 Å². The van der Waals surface area contributed by atoms with Gasteiger partial charge in [0.05, 0.1) is 18.8 Å². The van der Waals surface area contributed by atoms with Gasteiger partial charge >= 0.3 is 0 Å². The molecule has 136 valence electrons. The van der Waals surface area contributed by atoms with Crippen LogP contribution in [0.3, 0.4) is 0 Å². The number of aldehydes is 1. The average molecular weight is 373 g/mol. The molecule has 0 aromatic carbocycles. The highest BCUT2D eigenvalue weighted by Crippen LogP contribution is 2.43. The van der Waals surface area contributed by atoms with Crippen LogP contribution in [0.1, 0.15) is 41.9 Å². The Labute approximate surface area is 154 Å². The van der Waals surface area contributed by atoms with Crippen LogP contribution in [0.2, 0.25) is 0 Å². The Morgan fingerprint density at radius 2 is 2.12 bits per heavy atom. The SMILES string of the molecule is Cc1noc(-c2c(NC(=O)C3=C(C=O)CCCC3)sc3c2CCOC3)n1. The van der Waals surface area contributed by atoms with Crippen LogP contribution in [0.15, 0.2) is 15.7 Å². The normalized spacial score (nSPS) is 17.1. The molecule has 0 spiro atoms. The van der Waals surface area contributed by atoms with E-state index in [4.69, 9.17) is 9.26 Å². The van der Waals surface area contributed by atoms with Crippen LogP contribution in [-0.2, 0) is 27.4 Å². The van der Waals surface area contributed by atoms with Crippen molar-refractivity contribution in [2.75, 3.05) is 11.9 Å². The Bertz CT molecular complexity index is 896. The number of carbonyl (C=O) groups excluding carboxylic acids is 2. The maximum atomic E-state index is 12.8. The fourth-order valence-electron chi connectivity index (χ4n) is 3.44. The Hall–Kier alpha value is -2.32. The Kier molecular flexibility index (Phi) is 4.69. The predicted molar refractivity (Wildman–Crippen MR) is 95.9 cm³/mol. The first-order valence-corrected chi connectivity index (χ1v) is 9.50. The number of allylic oxidation sites excluding steroid dienone is 1. The average Bonchev–Trinajstić information content (AvgIpc) is 3.24. The lowest BCUT2D eigenvalue weighted by Gasteiger charge is -2.16. The number of fused-ring (bicyclic) bond motifs is 1. The third-order valence-corrected chi connectivity index (χ3v) is 5.84. The number of anilines is 1. The number of thiophene rings is 1. The first kappa shape index (κ1) is 17.1. The number of hydrogen-bond acceptors (Lipinski definition) is 7. The minimum atomic E-state index is -0.219. The van der Waals surface area contributed by atoms with Crippen molar-refractivity contribution in [2.24, 2.45) is 0 Å². The minimum Gasteiger partial charge on any atom is -0.376 e. The van der Waals surface area contributed by atoms with Crippen molar-refractivity contribution in [1.82, 2.24) is 10.1 Å². The van der Waals surface area contributed by atoms with Crippen molar-refractivity contribution in [3.05, 3.63) is 27.4 Å². The van der Waals surface area contributed by atoms with E-state index in [2.05, 4.69) is 15.5 Å². The van der Waals surface area contributed by atoms with Crippen LogP contribution in [-0.4, -0.2) is 28.9 Å². The molecule has 2 aliphatic rings. The van der Waals surface area contributed by atoms with Crippen molar-refractivity contribution in [3.63, 3.8) is 0 Å². The highest BCUT2D eigenvalue weighted by molar-refractivity contribution is 7.17. The zero-order chi connectivity index (χ0) is 18.1. The van der Waals surface area contributed by atoms with E-state index in [-0.39, 0.29) is 5.91 Å². The maximum Gasteiger partial charge on any atom is 0.261 e. The van der Waals surface area contributed by atoms with Crippen molar-refractivity contribution >= 4 is 28.5 Å². The molecule has 0 unspecified atom stereocenters. The summed E-state index contributed by atoms with van der Waals surface area (Å²) >= 11 is 1.47. The number of rotatable bonds is 4. The van der Waals surface area contributed by atoms with E-state index in [1.54, 1.807) is 6.92 Å². The highest BCUT2D eigenvalue weighted by atomic mass is 32.1. The van der Waals surface area contributed by atoms with Gasteiger partial charge in [0.1, 0.15) is 11.3 Å². The van der Waals surface area contributed by atoms with Gasteiger partial charge in [0, 0.05) is 16.0 Å². The summed E-state index contributed by atoms with van der Waals surface area (Å²) in [5, 5.41) is 7.54. The number of nitrogens with zero attached hydrogens (tertiary/aromatic N) is 2. The predicted octanol–water partition coefficient (Wildman–Crippen LogP) is 3.19. The van der Waals surface area contributed by atoms with Gasteiger partial charge in [-0.1, -0.05) is 5.16 Å². The van der Waals surface area contributed by atoms with Gasteiger partial charge in [0.15, 0.2) is 5.82 Å². The molecule has 1 aliphatic heterocycles. The van der Waals surface area contributed by atoms with E-state index in [9.17, 15) is 9.59 Å². The second-order valence-corrected chi connectivity index (χ2v) is 7.55. The number of hydrogen-bond donors (Lipinski definition) is 1. The minimum absolute atomic E-state index is 0.219. The zero-order valence-electron chi connectivity index (χ0n) is 14.5. The van der Waals surface area contributed by atoms with E-state index >= 15 is 0 Å². The monoisotopic (exact) mass is 373 g/mol. The number of carbonyl (C=O) groups is 2. The highest BCUT2D eigenvalue weighted by Gasteiger charge is 2.28. The Morgan fingerprint density at radius 3 is 2.88 bits per heavy atom. The molecule has 0 saturated carbocycles. The van der Waals surface area contributed by atoms with E-state index in [0.717, 1.165) is 41.6 Å². The second kappa shape index (κ2) is 7.13. The maximum absolute atomic E-state index is 12.8. The van der Waals surface area contributed by atoms with E-state index < -0.39 is 0 Å². The molecule has 26 heavy (non-hydrogen) atoms. The molecule has 8 heteroatoms. The summed E-state index contributed by atoms with van der Waals surface area (Å²) < 4.78 is 10.9. The lowest BCUT2D eigenvalue weighted by Crippen LogP contribution is -2.18. The van der Waals surface area contributed by atoms with E-state index in [0.29, 0.717) is 53.9 Å². The fraction of sp³-hybridized carbons (Fsp3) is 0.444. The summed E-state index contributed by atoms with van der Waals surface area (Å²) in [6.45, 7) is 2.90. The third-order valence-electron chi connectivity index (χ3n) is 4.72.